The number of piperidine rings is 1. The van der Waals surface area contributed by atoms with Crippen molar-refractivity contribution in [2.45, 2.75) is 25.8 Å². The minimum atomic E-state index is 0.461. The molecule has 2 saturated heterocycles. The molecule has 5 nitrogen and oxygen atoms in total. The highest BCUT2D eigenvalue weighted by Gasteiger charge is 2.40. The van der Waals surface area contributed by atoms with Crippen molar-refractivity contribution in [1.82, 2.24) is 15.4 Å². The number of nitrogen functional groups attached to an aromatic ring is 1. The number of para-hydroxylation sites is 2. The molecule has 6 heteroatoms. The number of halogens is 1. The van der Waals surface area contributed by atoms with Gasteiger partial charge < -0.3 is 11.2 Å². The van der Waals surface area contributed by atoms with Crippen LogP contribution in [0, 0.1) is 5.41 Å². The van der Waals surface area contributed by atoms with E-state index < -0.39 is 0 Å². The molecule has 0 saturated carbocycles. The third kappa shape index (κ3) is 4.55. The van der Waals surface area contributed by atoms with E-state index in [0.29, 0.717) is 5.41 Å². The van der Waals surface area contributed by atoms with Gasteiger partial charge in [0.2, 0.25) is 0 Å². The zero-order valence-corrected chi connectivity index (χ0v) is 16.4. The second-order valence-electron chi connectivity index (χ2n) is 7.90. The first-order valence-corrected chi connectivity index (χ1v) is 10.1. The van der Waals surface area contributed by atoms with Gasteiger partial charge in [-0.05, 0) is 61.1 Å². The number of nitrogens with one attached hydrogen (secondary N) is 2. The fourth-order valence-electron chi connectivity index (χ4n) is 4.31. The lowest BCUT2D eigenvalue weighted by Gasteiger charge is -2.39. The second-order valence-corrected chi connectivity index (χ2v) is 8.34. The summed E-state index contributed by atoms with van der Waals surface area (Å²) in [6.07, 6.45) is 3.73. The first-order valence-electron chi connectivity index (χ1n) is 9.70. The van der Waals surface area contributed by atoms with E-state index >= 15 is 0 Å². The van der Waals surface area contributed by atoms with E-state index in [1.54, 1.807) is 0 Å². The molecule has 0 amide bonds. The molecule has 0 unspecified atom stereocenters. The molecule has 0 radical (unpaired) electrons. The molecule has 27 heavy (non-hydrogen) atoms. The number of benzene rings is 2. The maximum Gasteiger partial charge on any atom is 0.0730 e. The molecule has 4 N–H and O–H groups in total. The van der Waals surface area contributed by atoms with Crippen molar-refractivity contribution in [3.8, 4) is 0 Å². The zero-order valence-electron chi connectivity index (χ0n) is 15.6. The van der Waals surface area contributed by atoms with E-state index in [0.717, 1.165) is 36.0 Å². The van der Waals surface area contributed by atoms with Crippen LogP contribution in [0.5, 0.6) is 0 Å². The number of rotatable bonds is 5. The minimum Gasteiger partial charge on any atom is -0.397 e. The van der Waals surface area contributed by atoms with Gasteiger partial charge in [0.1, 0.15) is 0 Å². The number of nitrogens with two attached hydrogens (primary N) is 1. The predicted octanol–water partition coefficient (Wildman–Crippen LogP) is 3.74. The Morgan fingerprint density at radius 1 is 1.00 bits per heavy atom. The van der Waals surface area contributed by atoms with Gasteiger partial charge in [0.25, 0.3) is 0 Å². The van der Waals surface area contributed by atoms with Crippen LogP contribution in [-0.4, -0.2) is 36.1 Å². The standard InChI is InChI=1S/C21H28ClN5/c22-18-5-3-4-17(14-18)15-26-11-8-21(16-26)9-12-27(13-10-21)25-24-20-7-2-1-6-19(20)23/h1-7,14,24-25H,8-13,15-16,23H2. The van der Waals surface area contributed by atoms with Crippen LogP contribution in [0.25, 0.3) is 0 Å². The maximum atomic E-state index is 6.13. The fraction of sp³-hybridized carbons (Fsp3) is 0.429. The van der Waals surface area contributed by atoms with Gasteiger partial charge in [0.05, 0.1) is 11.4 Å². The average molecular weight is 386 g/mol. The topological polar surface area (TPSA) is 56.6 Å². The van der Waals surface area contributed by atoms with Gasteiger partial charge in [-0.2, -0.15) is 5.53 Å². The summed E-state index contributed by atoms with van der Waals surface area (Å²) in [5.41, 5.74) is 16.0. The van der Waals surface area contributed by atoms with Gasteiger partial charge in [-0.1, -0.05) is 35.9 Å². The first kappa shape index (κ1) is 18.6. The molecule has 144 valence electrons. The zero-order chi connectivity index (χ0) is 18.7. The number of likely N-dealkylation sites (tertiary alicyclic amines) is 1. The van der Waals surface area contributed by atoms with Crippen LogP contribution in [0.4, 0.5) is 11.4 Å². The van der Waals surface area contributed by atoms with E-state index in [-0.39, 0.29) is 0 Å². The van der Waals surface area contributed by atoms with Gasteiger partial charge in [-0.25, -0.2) is 5.01 Å². The quantitative estimate of drug-likeness (QED) is 0.540. The molecule has 2 aliphatic heterocycles. The van der Waals surface area contributed by atoms with E-state index in [1.807, 2.05) is 36.4 Å². The van der Waals surface area contributed by atoms with E-state index in [9.17, 15) is 0 Å². The van der Waals surface area contributed by atoms with Crippen LogP contribution in [0.2, 0.25) is 5.02 Å². The van der Waals surface area contributed by atoms with Gasteiger partial charge in [-0.15, -0.1) is 0 Å². The Kier molecular flexibility index (Phi) is 5.55. The van der Waals surface area contributed by atoms with Crippen molar-refractivity contribution in [3.63, 3.8) is 0 Å². The fourth-order valence-corrected chi connectivity index (χ4v) is 4.52. The molecule has 2 aliphatic rings. The van der Waals surface area contributed by atoms with Crippen molar-refractivity contribution in [3.05, 3.63) is 59.1 Å². The van der Waals surface area contributed by atoms with Crippen molar-refractivity contribution in [2.75, 3.05) is 37.3 Å². The Bertz CT molecular complexity index is 773. The highest BCUT2D eigenvalue weighted by Crippen LogP contribution is 2.40. The third-order valence-corrected chi connectivity index (χ3v) is 6.18. The lowest BCUT2D eigenvalue weighted by molar-refractivity contribution is 0.0773. The van der Waals surface area contributed by atoms with Crippen molar-refractivity contribution >= 4 is 23.0 Å². The Balaban J connectivity index is 1.26. The molecule has 0 aliphatic carbocycles. The molecule has 2 aromatic carbocycles. The summed E-state index contributed by atoms with van der Waals surface area (Å²) in [6, 6.07) is 16.1. The van der Waals surface area contributed by atoms with Crippen LogP contribution in [0.3, 0.4) is 0 Å². The Morgan fingerprint density at radius 3 is 2.56 bits per heavy atom. The third-order valence-electron chi connectivity index (χ3n) is 5.95. The highest BCUT2D eigenvalue weighted by atomic mass is 35.5. The lowest BCUT2D eigenvalue weighted by atomic mass is 9.78. The van der Waals surface area contributed by atoms with Crippen LogP contribution < -0.4 is 16.7 Å². The SMILES string of the molecule is Nc1ccccc1NNN1CCC2(CCN(Cc3cccc(Cl)c3)C2)CC1. The highest BCUT2D eigenvalue weighted by molar-refractivity contribution is 6.30. The summed E-state index contributed by atoms with van der Waals surface area (Å²) >= 11 is 6.13. The Labute approximate surface area is 166 Å². The molecule has 1 spiro atoms. The number of hydrogen-bond donors (Lipinski definition) is 3. The lowest BCUT2D eigenvalue weighted by Crippen LogP contribution is -2.49. The number of hydrogen-bond acceptors (Lipinski definition) is 5. The molecular formula is C21H28ClN5. The molecule has 0 bridgehead atoms. The van der Waals surface area contributed by atoms with Gasteiger partial charge >= 0.3 is 0 Å². The van der Waals surface area contributed by atoms with E-state index in [4.69, 9.17) is 17.3 Å². The summed E-state index contributed by atoms with van der Waals surface area (Å²) in [5.74, 6) is 0. The van der Waals surface area contributed by atoms with Crippen LogP contribution in [-0.2, 0) is 6.54 Å². The summed E-state index contributed by atoms with van der Waals surface area (Å²) in [4.78, 5) is 2.58. The minimum absolute atomic E-state index is 0.461. The molecular weight excluding hydrogens is 358 g/mol. The summed E-state index contributed by atoms with van der Waals surface area (Å²) in [5, 5.41) is 3.09. The van der Waals surface area contributed by atoms with Crippen LogP contribution in [0.15, 0.2) is 48.5 Å². The molecule has 2 fully saturated rings. The number of hydrazine groups is 2. The van der Waals surface area contributed by atoms with E-state index in [1.165, 1.54) is 37.9 Å². The van der Waals surface area contributed by atoms with Gasteiger partial charge in [0, 0.05) is 31.2 Å². The Morgan fingerprint density at radius 2 is 1.78 bits per heavy atom. The van der Waals surface area contributed by atoms with Crippen LogP contribution in [0.1, 0.15) is 24.8 Å². The predicted molar refractivity (Wildman–Crippen MR) is 112 cm³/mol. The van der Waals surface area contributed by atoms with Crippen molar-refractivity contribution < 1.29 is 0 Å². The number of anilines is 2. The average Bonchev–Trinajstić information content (AvgIpc) is 3.05. The first-order chi connectivity index (χ1) is 13.1. The summed E-state index contributed by atoms with van der Waals surface area (Å²) < 4.78 is 0. The smallest absolute Gasteiger partial charge is 0.0730 e. The van der Waals surface area contributed by atoms with Crippen LogP contribution >= 0.6 is 11.6 Å². The van der Waals surface area contributed by atoms with E-state index in [2.05, 4.69) is 33.0 Å². The summed E-state index contributed by atoms with van der Waals surface area (Å²) in [7, 11) is 0. The Hall–Kier alpha value is -1.79. The van der Waals surface area contributed by atoms with Gasteiger partial charge in [0.15, 0.2) is 0 Å². The molecule has 2 aromatic rings. The number of nitrogens with zero attached hydrogens (tertiary/aromatic N) is 2. The van der Waals surface area contributed by atoms with Crippen molar-refractivity contribution in [1.29, 1.82) is 0 Å². The summed E-state index contributed by atoms with van der Waals surface area (Å²) in [6.45, 7) is 5.46. The molecule has 4 rings (SSSR count). The largest absolute Gasteiger partial charge is 0.397 e. The monoisotopic (exact) mass is 385 g/mol. The van der Waals surface area contributed by atoms with Gasteiger partial charge in [-0.3, -0.25) is 4.90 Å². The second kappa shape index (κ2) is 8.07. The van der Waals surface area contributed by atoms with Crippen molar-refractivity contribution in [2.24, 2.45) is 5.41 Å². The molecule has 2 heterocycles. The maximum absolute atomic E-state index is 6.13. The normalized spacial score (nSPS) is 20.2. The molecule has 0 aromatic heterocycles. The molecule has 0 atom stereocenters.